The summed E-state index contributed by atoms with van der Waals surface area (Å²) in [6.07, 6.45) is 3.97. The number of fused-ring (bicyclic) bond motifs is 1. The Morgan fingerprint density at radius 3 is 3.05 bits per heavy atom. The van der Waals surface area contributed by atoms with Crippen molar-refractivity contribution in [1.29, 1.82) is 5.26 Å². The van der Waals surface area contributed by atoms with Crippen molar-refractivity contribution in [1.82, 2.24) is 9.88 Å². The van der Waals surface area contributed by atoms with Gasteiger partial charge >= 0.3 is 0 Å². The quantitative estimate of drug-likeness (QED) is 0.771. The fourth-order valence-electron chi connectivity index (χ4n) is 3.32. The minimum absolute atomic E-state index is 0.468. The molecule has 4 heteroatoms. The molecular formula is C15H20N4. The number of pyridine rings is 1. The number of piperidine rings is 1. The molecule has 0 aliphatic carbocycles. The molecule has 0 saturated carbocycles. The topological polar surface area (TPSA) is 43.2 Å². The number of aromatic nitrogens is 1. The van der Waals surface area contributed by atoms with Crippen LogP contribution in [0.4, 0.5) is 5.82 Å². The van der Waals surface area contributed by atoms with Crippen LogP contribution in [0.15, 0.2) is 18.2 Å². The Morgan fingerprint density at radius 1 is 1.32 bits per heavy atom. The molecule has 4 nitrogen and oxygen atoms in total. The van der Waals surface area contributed by atoms with Crippen molar-refractivity contribution in [2.24, 2.45) is 0 Å². The van der Waals surface area contributed by atoms with Gasteiger partial charge < -0.3 is 4.90 Å². The lowest BCUT2D eigenvalue weighted by atomic mass is 9.97. The molecule has 3 rings (SSSR count). The average molecular weight is 256 g/mol. The van der Waals surface area contributed by atoms with Gasteiger partial charge in [0, 0.05) is 25.2 Å². The number of hydrogen-bond donors (Lipinski definition) is 0. The Morgan fingerprint density at radius 2 is 2.21 bits per heavy atom. The zero-order valence-corrected chi connectivity index (χ0v) is 11.4. The summed E-state index contributed by atoms with van der Waals surface area (Å²) in [5.74, 6) is 0.955. The van der Waals surface area contributed by atoms with Crippen molar-refractivity contribution in [2.45, 2.75) is 38.3 Å². The van der Waals surface area contributed by atoms with Crippen LogP contribution >= 0.6 is 0 Å². The molecule has 2 unspecified atom stereocenters. The maximum atomic E-state index is 8.97. The number of nitrogens with zero attached hydrogens (tertiary/aromatic N) is 4. The SMILES string of the molecule is CC1CN2CCCCC2CN1c1cccc(C#N)n1. The third-order valence-electron chi connectivity index (χ3n) is 4.33. The van der Waals surface area contributed by atoms with Gasteiger partial charge in [0.2, 0.25) is 0 Å². The summed E-state index contributed by atoms with van der Waals surface area (Å²) in [5.41, 5.74) is 0.510. The number of piperazine rings is 1. The van der Waals surface area contributed by atoms with Crippen molar-refractivity contribution in [2.75, 3.05) is 24.5 Å². The van der Waals surface area contributed by atoms with E-state index in [9.17, 15) is 0 Å². The number of nitriles is 1. The highest BCUT2D eigenvalue weighted by atomic mass is 15.3. The van der Waals surface area contributed by atoms with E-state index >= 15 is 0 Å². The zero-order valence-electron chi connectivity index (χ0n) is 11.4. The largest absolute Gasteiger partial charge is 0.351 e. The van der Waals surface area contributed by atoms with E-state index in [2.05, 4.69) is 27.8 Å². The predicted octanol–water partition coefficient (Wildman–Crippen LogP) is 2.02. The monoisotopic (exact) mass is 256 g/mol. The molecule has 2 atom stereocenters. The summed E-state index contributed by atoms with van der Waals surface area (Å²) in [4.78, 5) is 9.44. The summed E-state index contributed by atoms with van der Waals surface area (Å²) < 4.78 is 0. The molecule has 19 heavy (non-hydrogen) atoms. The van der Waals surface area contributed by atoms with Crippen molar-refractivity contribution >= 4 is 5.82 Å². The highest BCUT2D eigenvalue weighted by Crippen LogP contribution is 2.27. The van der Waals surface area contributed by atoms with Gasteiger partial charge in [-0.05, 0) is 38.4 Å². The van der Waals surface area contributed by atoms with Crippen LogP contribution in [0.2, 0.25) is 0 Å². The fourth-order valence-corrected chi connectivity index (χ4v) is 3.32. The van der Waals surface area contributed by atoms with Gasteiger partial charge in [0.15, 0.2) is 0 Å². The Kier molecular flexibility index (Phi) is 3.39. The van der Waals surface area contributed by atoms with Crippen LogP contribution in [-0.2, 0) is 0 Å². The van der Waals surface area contributed by atoms with Gasteiger partial charge in [0.25, 0.3) is 0 Å². The zero-order chi connectivity index (χ0) is 13.2. The molecule has 2 saturated heterocycles. The van der Waals surface area contributed by atoms with Gasteiger partial charge in [-0.1, -0.05) is 12.5 Å². The molecule has 0 spiro atoms. The van der Waals surface area contributed by atoms with Gasteiger partial charge in [0.1, 0.15) is 17.6 Å². The van der Waals surface area contributed by atoms with Crippen LogP contribution in [0.3, 0.4) is 0 Å². The molecular weight excluding hydrogens is 236 g/mol. The maximum absolute atomic E-state index is 8.97. The molecule has 1 aromatic rings. The normalized spacial score (nSPS) is 27.7. The number of rotatable bonds is 1. The lowest BCUT2D eigenvalue weighted by Gasteiger charge is -2.48. The highest BCUT2D eigenvalue weighted by Gasteiger charge is 2.33. The highest BCUT2D eigenvalue weighted by molar-refractivity contribution is 5.43. The van der Waals surface area contributed by atoms with E-state index in [1.165, 1.54) is 25.8 Å². The second-order valence-corrected chi connectivity index (χ2v) is 5.64. The lowest BCUT2D eigenvalue weighted by Crippen LogP contribution is -2.59. The molecule has 1 aromatic heterocycles. The first-order valence-corrected chi connectivity index (χ1v) is 7.16. The first kappa shape index (κ1) is 12.4. The van der Waals surface area contributed by atoms with E-state index in [-0.39, 0.29) is 0 Å². The van der Waals surface area contributed by atoms with Crippen molar-refractivity contribution in [3.05, 3.63) is 23.9 Å². The third kappa shape index (κ3) is 2.43. The Bertz CT molecular complexity index is 493. The predicted molar refractivity (Wildman–Crippen MR) is 75.0 cm³/mol. The van der Waals surface area contributed by atoms with Gasteiger partial charge in [-0.2, -0.15) is 5.26 Å². The van der Waals surface area contributed by atoms with E-state index in [1.807, 2.05) is 12.1 Å². The minimum atomic E-state index is 0.468. The Hall–Kier alpha value is -1.60. The molecule has 2 aliphatic rings. The van der Waals surface area contributed by atoms with E-state index in [0.717, 1.165) is 18.9 Å². The van der Waals surface area contributed by atoms with E-state index in [1.54, 1.807) is 6.07 Å². The third-order valence-corrected chi connectivity index (χ3v) is 4.33. The van der Waals surface area contributed by atoms with Crippen molar-refractivity contribution in [3.63, 3.8) is 0 Å². The van der Waals surface area contributed by atoms with Gasteiger partial charge in [0.05, 0.1) is 0 Å². The smallest absolute Gasteiger partial charge is 0.142 e. The van der Waals surface area contributed by atoms with Crippen LogP contribution in [0.5, 0.6) is 0 Å². The standard InChI is InChI=1S/C15H20N4/c1-12-10-18-8-3-2-6-14(18)11-19(12)15-7-4-5-13(9-16)17-15/h4-5,7,12,14H,2-3,6,8,10-11H2,1H3. The summed E-state index contributed by atoms with van der Waals surface area (Å²) in [5, 5.41) is 8.97. The lowest BCUT2D eigenvalue weighted by molar-refractivity contribution is 0.115. The van der Waals surface area contributed by atoms with Gasteiger partial charge in [-0.3, -0.25) is 4.90 Å². The summed E-state index contributed by atoms with van der Waals surface area (Å²) >= 11 is 0. The van der Waals surface area contributed by atoms with Crippen LogP contribution in [0.1, 0.15) is 31.9 Å². The molecule has 0 radical (unpaired) electrons. The van der Waals surface area contributed by atoms with Gasteiger partial charge in [-0.25, -0.2) is 4.98 Å². The first-order chi connectivity index (χ1) is 9.28. The van der Waals surface area contributed by atoms with Crippen LogP contribution in [0.25, 0.3) is 0 Å². The molecule has 3 heterocycles. The second-order valence-electron chi connectivity index (χ2n) is 5.64. The Balaban J connectivity index is 1.82. The first-order valence-electron chi connectivity index (χ1n) is 7.16. The second kappa shape index (κ2) is 5.18. The number of anilines is 1. The molecule has 2 aliphatic heterocycles. The molecule has 0 N–H and O–H groups in total. The summed E-state index contributed by atoms with van der Waals surface area (Å²) in [6.45, 7) is 5.66. The van der Waals surface area contributed by atoms with Gasteiger partial charge in [-0.15, -0.1) is 0 Å². The van der Waals surface area contributed by atoms with Crippen LogP contribution in [0, 0.1) is 11.3 Å². The molecule has 2 fully saturated rings. The summed E-state index contributed by atoms with van der Waals surface area (Å²) in [6, 6.07) is 8.99. The van der Waals surface area contributed by atoms with Crippen molar-refractivity contribution < 1.29 is 0 Å². The van der Waals surface area contributed by atoms with E-state index < -0.39 is 0 Å². The van der Waals surface area contributed by atoms with E-state index in [4.69, 9.17) is 5.26 Å². The molecule has 100 valence electrons. The molecule has 0 bridgehead atoms. The summed E-state index contributed by atoms with van der Waals surface area (Å²) in [7, 11) is 0. The molecule has 0 aromatic carbocycles. The van der Waals surface area contributed by atoms with Crippen LogP contribution < -0.4 is 4.90 Å². The minimum Gasteiger partial charge on any atom is -0.351 e. The molecule has 0 amide bonds. The van der Waals surface area contributed by atoms with Crippen molar-refractivity contribution in [3.8, 4) is 6.07 Å². The maximum Gasteiger partial charge on any atom is 0.142 e. The average Bonchev–Trinajstić information content (AvgIpc) is 2.46. The van der Waals surface area contributed by atoms with E-state index in [0.29, 0.717) is 17.8 Å². The number of hydrogen-bond acceptors (Lipinski definition) is 4. The fraction of sp³-hybridized carbons (Fsp3) is 0.600. The Labute approximate surface area is 114 Å². The van der Waals surface area contributed by atoms with Crippen LogP contribution in [-0.4, -0.2) is 41.6 Å².